The number of amides is 1. The molecule has 0 atom stereocenters. The van der Waals surface area contributed by atoms with E-state index >= 15 is 0 Å². The minimum absolute atomic E-state index is 0.000832. The van der Waals surface area contributed by atoms with Crippen molar-refractivity contribution in [3.05, 3.63) is 54.1 Å². The van der Waals surface area contributed by atoms with E-state index in [1.165, 1.54) is 42.5 Å². The quantitative estimate of drug-likeness (QED) is 0.552. The van der Waals surface area contributed by atoms with Gasteiger partial charge in [0.25, 0.3) is 11.7 Å². The Labute approximate surface area is 158 Å². The lowest BCUT2D eigenvalue weighted by molar-refractivity contribution is -0.119. The molecule has 10 heteroatoms. The highest BCUT2D eigenvalue weighted by atomic mass is 32.2. The summed E-state index contributed by atoms with van der Waals surface area (Å²) in [5.74, 6) is -4.01. The standard InChI is InChI=1S/C17H15F2NO5S2/c1-27(23,24)14-4-2-3-11(9-14)16(22)25-10-15(21)20-12-5-7-13(8-6-12)26-17(18)19/h2-9,17H,10H2,1H3,(H,20,21). The van der Waals surface area contributed by atoms with E-state index in [4.69, 9.17) is 4.74 Å². The van der Waals surface area contributed by atoms with Crippen molar-refractivity contribution in [1.82, 2.24) is 0 Å². The van der Waals surface area contributed by atoms with Gasteiger partial charge in [0.2, 0.25) is 0 Å². The van der Waals surface area contributed by atoms with E-state index in [2.05, 4.69) is 5.32 Å². The van der Waals surface area contributed by atoms with Crippen LogP contribution < -0.4 is 5.32 Å². The molecule has 0 unspecified atom stereocenters. The van der Waals surface area contributed by atoms with Gasteiger partial charge in [-0.15, -0.1) is 0 Å². The monoisotopic (exact) mass is 415 g/mol. The van der Waals surface area contributed by atoms with E-state index < -0.39 is 34.1 Å². The number of nitrogens with one attached hydrogen (secondary N) is 1. The maximum atomic E-state index is 12.2. The third-order valence-electron chi connectivity index (χ3n) is 3.20. The molecule has 0 aromatic heterocycles. The molecule has 1 N–H and O–H groups in total. The number of halogens is 2. The first kappa shape index (κ1) is 20.8. The Morgan fingerprint density at radius 3 is 2.41 bits per heavy atom. The van der Waals surface area contributed by atoms with Gasteiger partial charge in [0.1, 0.15) is 0 Å². The van der Waals surface area contributed by atoms with Gasteiger partial charge in [-0.3, -0.25) is 4.79 Å². The predicted molar refractivity (Wildman–Crippen MR) is 96.8 cm³/mol. The number of carbonyl (C=O) groups is 2. The Morgan fingerprint density at radius 2 is 1.81 bits per heavy atom. The highest BCUT2D eigenvalue weighted by Crippen LogP contribution is 2.26. The molecule has 0 aliphatic rings. The Hall–Kier alpha value is -2.46. The number of hydrogen-bond acceptors (Lipinski definition) is 6. The molecule has 1 amide bonds. The minimum Gasteiger partial charge on any atom is -0.452 e. The molecule has 2 aromatic rings. The summed E-state index contributed by atoms with van der Waals surface area (Å²) in [6.07, 6.45) is 1.01. The zero-order chi connectivity index (χ0) is 20.0. The third kappa shape index (κ3) is 6.65. The summed E-state index contributed by atoms with van der Waals surface area (Å²) in [4.78, 5) is 24.1. The molecule has 27 heavy (non-hydrogen) atoms. The van der Waals surface area contributed by atoms with E-state index in [-0.39, 0.29) is 10.5 Å². The van der Waals surface area contributed by atoms with Crippen LogP contribution in [0.4, 0.5) is 14.5 Å². The molecule has 0 aliphatic carbocycles. The van der Waals surface area contributed by atoms with E-state index in [9.17, 15) is 26.8 Å². The molecule has 2 rings (SSSR count). The Balaban J connectivity index is 1.91. The molecule has 6 nitrogen and oxygen atoms in total. The van der Waals surface area contributed by atoms with Gasteiger partial charge < -0.3 is 10.1 Å². The lowest BCUT2D eigenvalue weighted by atomic mass is 10.2. The smallest absolute Gasteiger partial charge is 0.338 e. The van der Waals surface area contributed by atoms with E-state index in [0.717, 1.165) is 12.3 Å². The van der Waals surface area contributed by atoms with Crippen LogP contribution in [0.15, 0.2) is 58.3 Å². The van der Waals surface area contributed by atoms with Crippen LogP contribution in [-0.4, -0.2) is 38.9 Å². The second kappa shape index (κ2) is 8.96. The molecule has 2 aromatic carbocycles. The van der Waals surface area contributed by atoms with Gasteiger partial charge in [-0.2, -0.15) is 8.78 Å². The van der Waals surface area contributed by atoms with Crippen molar-refractivity contribution >= 4 is 39.2 Å². The van der Waals surface area contributed by atoms with Crippen molar-refractivity contribution in [3.8, 4) is 0 Å². The fourth-order valence-electron chi connectivity index (χ4n) is 1.98. The molecular weight excluding hydrogens is 400 g/mol. The summed E-state index contributed by atoms with van der Waals surface area (Å²) < 4.78 is 52.4. The van der Waals surface area contributed by atoms with Gasteiger partial charge >= 0.3 is 5.97 Å². The SMILES string of the molecule is CS(=O)(=O)c1cccc(C(=O)OCC(=O)Nc2ccc(SC(F)F)cc2)c1. The van der Waals surface area contributed by atoms with Crippen LogP contribution >= 0.6 is 11.8 Å². The molecule has 0 aliphatic heterocycles. The number of sulfone groups is 1. The summed E-state index contributed by atoms with van der Waals surface area (Å²) in [6.45, 7) is -0.588. The molecule has 0 spiro atoms. The first-order valence-corrected chi connectivity index (χ1v) is 10.2. The number of hydrogen-bond donors (Lipinski definition) is 1. The van der Waals surface area contributed by atoms with Crippen molar-refractivity contribution in [2.75, 3.05) is 18.2 Å². The molecule has 0 saturated heterocycles. The van der Waals surface area contributed by atoms with Crippen LogP contribution in [0.25, 0.3) is 0 Å². The number of benzene rings is 2. The second-order valence-corrected chi connectivity index (χ2v) is 8.41. The summed E-state index contributed by atoms with van der Waals surface area (Å²) in [7, 11) is -3.48. The normalized spacial score (nSPS) is 11.3. The van der Waals surface area contributed by atoms with Gasteiger partial charge in [0.15, 0.2) is 16.4 Å². The molecule has 0 radical (unpaired) electrons. The zero-order valence-corrected chi connectivity index (χ0v) is 15.6. The van der Waals surface area contributed by atoms with Gasteiger partial charge in [-0.1, -0.05) is 17.8 Å². The average molecular weight is 415 g/mol. The zero-order valence-electron chi connectivity index (χ0n) is 14.0. The van der Waals surface area contributed by atoms with Gasteiger partial charge in [0, 0.05) is 16.8 Å². The second-order valence-electron chi connectivity index (χ2n) is 5.33. The fraction of sp³-hybridized carbons (Fsp3) is 0.176. The van der Waals surface area contributed by atoms with Crippen molar-refractivity contribution < 1.29 is 31.5 Å². The first-order valence-electron chi connectivity index (χ1n) is 7.47. The minimum atomic E-state index is -3.48. The lowest BCUT2D eigenvalue weighted by Gasteiger charge is -2.08. The Kier molecular flexibility index (Phi) is 6.92. The first-order chi connectivity index (χ1) is 12.6. The molecule has 0 saturated carbocycles. The van der Waals surface area contributed by atoms with Crippen molar-refractivity contribution in [3.63, 3.8) is 0 Å². The molecule has 0 bridgehead atoms. The number of anilines is 1. The van der Waals surface area contributed by atoms with Crippen LogP contribution in [0.1, 0.15) is 10.4 Å². The van der Waals surface area contributed by atoms with Crippen molar-refractivity contribution in [2.45, 2.75) is 15.5 Å². The Morgan fingerprint density at radius 1 is 1.15 bits per heavy atom. The fourth-order valence-corrected chi connectivity index (χ4v) is 3.15. The van der Waals surface area contributed by atoms with Gasteiger partial charge in [-0.25, -0.2) is 13.2 Å². The van der Waals surface area contributed by atoms with Crippen molar-refractivity contribution in [1.29, 1.82) is 0 Å². The van der Waals surface area contributed by atoms with Crippen LogP contribution in [0.5, 0.6) is 0 Å². The van der Waals surface area contributed by atoms with E-state index in [1.807, 2.05) is 0 Å². The maximum Gasteiger partial charge on any atom is 0.338 e. The van der Waals surface area contributed by atoms with Gasteiger partial charge in [0.05, 0.1) is 10.5 Å². The summed E-state index contributed by atoms with van der Waals surface area (Å²) >= 11 is 0.382. The van der Waals surface area contributed by atoms with Crippen LogP contribution in [0, 0.1) is 0 Å². The summed E-state index contributed by atoms with van der Waals surface area (Å²) in [6, 6.07) is 11.0. The number of alkyl halides is 2. The average Bonchev–Trinajstić information content (AvgIpc) is 2.60. The van der Waals surface area contributed by atoms with Crippen LogP contribution in [0.3, 0.4) is 0 Å². The topological polar surface area (TPSA) is 89.5 Å². The van der Waals surface area contributed by atoms with E-state index in [1.54, 1.807) is 0 Å². The lowest BCUT2D eigenvalue weighted by Crippen LogP contribution is -2.21. The highest BCUT2D eigenvalue weighted by molar-refractivity contribution is 7.99. The van der Waals surface area contributed by atoms with Crippen LogP contribution in [-0.2, 0) is 19.4 Å². The maximum absolute atomic E-state index is 12.2. The third-order valence-corrected chi connectivity index (χ3v) is 5.03. The van der Waals surface area contributed by atoms with Crippen molar-refractivity contribution in [2.24, 2.45) is 0 Å². The number of thioether (sulfide) groups is 1. The molecule has 144 valence electrons. The van der Waals surface area contributed by atoms with Gasteiger partial charge in [-0.05, 0) is 42.5 Å². The highest BCUT2D eigenvalue weighted by Gasteiger charge is 2.14. The number of esters is 1. The largest absolute Gasteiger partial charge is 0.452 e. The number of rotatable bonds is 7. The predicted octanol–water partition coefficient (Wildman–Crippen LogP) is 3.20. The number of ether oxygens (including phenoxy) is 1. The summed E-state index contributed by atoms with van der Waals surface area (Å²) in [5, 5.41) is 2.46. The van der Waals surface area contributed by atoms with Crippen LogP contribution in [0.2, 0.25) is 0 Å². The Bertz CT molecular complexity index is 931. The molecule has 0 fully saturated rings. The molecule has 0 heterocycles. The van der Waals surface area contributed by atoms with E-state index in [0.29, 0.717) is 22.3 Å². The molecular formula is C17H15F2NO5S2. The number of carbonyl (C=O) groups excluding carboxylic acids is 2. The summed E-state index contributed by atoms with van der Waals surface area (Å²) in [5.41, 5.74) is 0.354.